The van der Waals surface area contributed by atoms with Crippen molar-refractivity contribution in [2.75, 3.05) is 18.4 Å². The Hall–Kier alpha value is -3.22. The van der Waals surface area contributed by atoms with Crippen LogP contribution in [0.2, 0.25) is 0 Å². The first-order valence-corrected chi connectivity index (χ1v) is 9.30. The van der Waals surface area contributed by atoms with Crippen LogP contribution in [0.3, 0.4) is 0 Å². The number of pyridine rings is 1. The first-order valence-electron chi connectivity index (χ1n) is 9.30. The van der Waals surface area contributed by atoms with E-state index in [2.05, 4.69) is 31.7 Å². The third kappa shape index (κ3) is 5.64. The summed E-state index contributed by atoms with van der Waals surface area (Å²) in [6, 6.07) is 11.9. The fourth-order valence-corrected chi connectivity index (χ4v) is 2.61. The van der Waals surface area contributed by atoms with Crippen LogP contribution in [0.5, 0.6) is 0 Å². The molecular formula is C21H25N5O2. The molecule has 3 aromatic rings. The average molecular weight is 379 g/mol. The molecule has 0 radical (unpaired) electrons. The second-order valence-electron chi connectivity index (χ2n) is 7.39. The molecule has 0 aliphatic carbocycles. The van der Waals surface area contributed by atoms with Crippen molar-refractivity contribution in [2.24, 2.45) is 0 Å². The van der Waals surface area contributed by atoms with Crippen LogP contribution < -0.4 is 10.6 Å². The van der Waals surface area contributed by atoms with Crippen molar-refractivity contribution >= 4 is 22.9 Å². The normalized spacial score (nSPS) is 11.2. The number of anilines is 1. The lowest BCUT2D eigenvalue weighted by atomic mass is 10.1. The SMILES string of the molecule is CC(C)(C)OC(=O)NCCCNc1nccc(-c2cnc3ccccc3c2)n1. The number of amides is 1. The van der Waals surface area contributed by atoms with Crippen LogP contribution in [0.25, 0.3) is 22.2 Å². The molecule has 0 saturated carbocycles. The number of aromatic nitrogens is 3. The van der Waals surface area contributed by atoms with E-state index in [1.807, 2.05) is 57.3 Å². The highest BCUT2D eigenvalue weighted by atomic mass is 16.6. The summed E-state index contributed by atoms with van der Waals surface area (Å²) in [4.78, 5) is 24.9. The second kappa shape index (κ2) is 8.65. The van der Waals surface area contributed by atoms with E-state index < -0.39 is 11.7 Å². The standard InChI is InChI=1S/C21H25N5O2/c1-21(2,3)28-20(27)24-11-6-10-22-19-23-12-9-18(26-19)16-13-15-7-4-5-8-17(15)25-14-16/h4-5,7-9,12-14H,6,10-11H2,1-3H3,(H,24,27)(H,22,23,26). The summed E-state index contributed by atoms with van der Waals surface area (Å²) in [7, 11) is 0. The maximum Gasteiger partial charge on any atom is 0.407 e. The van der Waals surface area contributed by atoms with Gasteiger partial charge in [-0.3, -0.25) is 4.98 Å². The van der Waals surface area contributed by atoms with Gasteiger partial charge in [-0.2, -0.15) is 0 Å². The zero-order valence-corrected chi connectivity index (χ0v) is 16.4. The molecule has 0 atom stereocenters. The highest BCUT2D eigenvalue weighted by molar-refractivity contribution is 5.82. The minimum absolute atomic E-state index is 0.408. The van der Waals surface area contributed by atoms with Gasteiger partial charge < -0.3 is 15.4 Å². The number of carbonyl (C=O) groups is 1. The summed E-state index contributed by atoms with van der Waals surface area (Å²) in [5.41, 5.74) is 2.21. The van der Waals surface area contributed by atoms with Gasteiger partial charge in [0.1, 0.15) is 5.60 Å². The fourth-order valence-electron chi connectivity index (χ4n) is 2.61. The largest absolute Gasteiger partial charge is 0.444 e. The number of rotatable bonds is 6. The summed E-state index contributed by atoms with van der Waals surface area (Å²) in [5, 5.41) is 6.98. The Kier molecular flexibility index (Phi) is 6.03. The molecule has 146 valence electrons. The first kappa shape index (κ1) is 19.5. The van der Waals surface area contributed by atoms with Crippen molar-refractivity contribution in [1.29, 1.82) is 0 Å². The molecule has 7 nitrogen and oxygen atoms in total. The average Bonchev–Trinajstić information content (AvgIpc) is 2.66. The van der Waals surface area contributed by atoms with Crippen LogP contribution >= 0.6 is 0 Å². The van der Waals surface area contributed by atoms with Crippen LogP contribution in [0.4, 0.5) is 10.7 Å². The van der Waals surface area contributed by atoms with Crippen molar-refractivity contribution in [2.45, 2.75) is 32.8 Å². The molecule has 28 heavy (non-hydrogen) atoms. The van der Waals surface area contributed by atoms with Gasteiger partial charge in [0.2, 0.25) is 5.95 Å². The lowest BCUT2D eigenvalue weighted by Crippen LogP contribution is -2.33. The number of nitrogens with zero attached hydrogens (tertiary/aromatic N) is 3. The Labute approximate surface area is 164 Å². The third-order valence-corrected chi connectivity index (χ3v) is 3.85. The molecule has 0 spiro atoms. The number of alkyl carbamates (subject to hydrolysis) is 1. The predicted octanol–water partition coefficient (Wildman–Crippen LogP) is 4.02. The number of hydrogen-bond donors (Lipinski definition) is 2. The van der Waals surface area contributed by atoms with Crippen molar-refractivity contribution in [3.63, 3.8) is 0 Å². The van der Waals surface area contributed by atoms with E-state index in [0.717, 1.165) is 28.6 Å². The van der Waals surface area contributed by atoms with Gasteiger partial charge in [0.25, 0.3) is 0 Å². The molecule has 0 bridgehead atoms. The van der Waals surface area contributed by atoms with Gasteiger partial charge in [-0.25, -0.2) is 14.8 Å². The summed E-state index contributed by atoms with van der Waals surface area (Å²) >= 11 is 0. The zero-order valence-electron chi connectivity index (χ0n) is 16.4. The Morgan fingerprint density at radius 2 is 1.93 bits per heavy atom. The molecule has 2 aromatic heterocycles. The minimum atomic E-state index is -0.492. The summed E-state index contributed by atoms with van der Waals surface area (Å²) in [5.74, 6) is 0.544. The van der Waals surface area contributed by atoms with E-state index in [1.54, 1.807) is 6.20 Å². The van der Waals surface area contributed by atoms with Gasteiger partial charge in [-0.1, -0.05) is 18.2 Å². The first-order chi connectivity index (χ1) is 13.4. The molecule has 7 heteroatoms. The molecule has 0 saturated heterocycles. The van der Waals surface area contributed by atoms with Crippen LogP contribution in [0.1, 0.15) is 27.2 Å². The molecule has 2 N–H and O–H groups in total. The van der Waals surface area contributed by atoms with E-state index in [-0.39, 0.29) is 0 Å². The number of para-hydroxylation sites is 1. The highest BCUT2D eigenvalue weighted by Gasteiger charge is 2.15. The molecule has 0 aliphatic rings. The summed E-state index contributed by atoms with van der Waals surface area (Å²) in [6.45, 7) is 6.65. The number of benzene rings is 1. The highest BCUT2D eigenvalue weighted by Crippen LogP contribution is 2.21. The zero-order chi connectivity index (χ0) is 20.0. The van der Waals surface area contributed by atoms with E-state index in [1.165, 1.54) is 0 Å². The molecule has 3 rings (SSSR count). The topological polar surface area (TPSA) is 89.0 Å². The smallest absolute Gasteiger partial charge is 0.407 e. The number of carbonyl (C=O) groups excluding carboxylic acids is 1. The molecular weight excluding hydrogens is 354 g/mol. The van der Waals surface area contributed by atoms with Gasteiger partial charge >= 0.3 is 6.09 Å². The van der Waals surface area contributed by atoms with E-state index in [4.69, 9.17) is 4.74 Å². The fraction of sp³-hybridized carbons (Fsp3) is 0.333. The molecule has 1 aromatic carbocycles. The van der Waals surface area contributed by atoms with Gasteiger partial charge in [-0.05, 0) is 45.4 Å². The van der Waals surface area contributed by atoms with Gasteiger partial charge in [-0.15, -0.1) is 0 Å². The van der Waals surface area contributed by atoms with Crippen molar-refractivity contribution < 1.29 is 9.53 Å². The Morgan fingerprint density at radius 3 is 2.75 bits per heavy atom. The predicted molar refractivity (Wildman–Crippen MR) is 110 cm³/mol. The van der Waals surface area contributed by atoms with Crippen LogP contribution in [-0.4, -0.2) is 39.7 Å². The lowest BCUT2D eigenvalue weighted by Gasteiger charge is -2.19. The lowest BCUT2D eigenvalue weighted by molar-refractivity contribution is 0.0528. The summed E-state index contributed by atoms with van der Waals surface area (Å²) < 4.78 is 5.20. The Balaban J connectivity index is 1.53. The molecule has 0 aliphatic heterocycles. The molecule has 0 unspecified atom stereocenters. The van der Waals surface area contributed by atoms with Crippen LogP contribution in [0, 0.1) is 0 Å². The van der Waals surface area contributed by atoms with E-state index in [0.29, 0.717) is 19.0 Å². The molecule has 1 amide bonds. The van der Waals surface area contributed by atoms with Crippen LogP contribution in [-0.2, 0) is 4.74 Å². The maximum atomic E-state index is 11.6. The van der Waals surface area contributed by atoms with Gasteiger partial charge in [0.15, 0.2) is 0 Å². The van der Waals surface area contributed by atoms with Crippen molar-refractivity contribution in [3.05, 3.63) is 48.8 Å². The second-order valence-corrected chi connectivity index (χ2v) is 7.39. The number of hydrogen-bond acceptors (Lipinski definition) is 6. The number of nitrogens with one attached hydrogen (secondary N) is 2. The maximum absolute atomic E-state index is 11.6. The number of fused-ring (bicyclic) bond motifs is 1. The van der Waals surface area contributed by atoms with Gasteiger partial charge in [0.05, 0.1) is 11.2 Å². The molecule has 0 fully saturated rings. The Bertz CT molecular complexity index is 953. The quantitative estimate of drug-likeness (QED) is 0.629. The Morgan fingerprint density at radius 1 is 1.11 bits per heavy atom. The third-order valence-electron chi connectivity index (χ3n) is 3.85. The van der Waals surface area contributed by atoms with E-state index >= 15 is 0 Å². The van der Waals surface area contributed by atoms with Crippen LogP contribution in [0.15, 0.2) is 48.8 Å². The van der Waals surface area contributed by atoms with Crippen molar-refractivity contribution in [3.8, 4) is 11.3 Å². The van der Waals surface area contributed by atoms with Crippen molar-refractivity contribution in [1.82, 2.24) is 20.3 Å². The number of ether oxygens (including phenoxy) is 1. The van der Waals surface area contributed by atoms with Gasteiger partial charge in [0, 0.05) is 36.4 Å². The van der Waals surface area contributed by atoms with E-state index in [9.17, 15) is 4.79 Å². The summed E-state index contributed by atoms with van der Waals surface area (Å²) in [6.07, 6.45) is 3.86. The monoisotopic (exact) mass is 379 g/mol. The minimum Gasteiger partial charge on any atom is -0.444 e. The molecule has 2 heterocycles.